The van der Waals surface area contributed by atoms with Crippen LogP contribution in [0.3, 0.4) is 0 Å². The van der Waals surface area contributed by atoms with Gasteiger partial charge in [0, 0.05) is 6.42 Å². The number of amides is 3. The molecule has 1 rings (SSSR count). The van der Waals surface area contributed by atoms with Crippen LogP contribution in [0.2, 0.25) is 0 Å². The number of carbonyl (C=O) groups excluding carboxylic acids is 3. The molecule has 0 radical (unpaired) electrons. The molecule has 1 aromatic rings. The van der Waals surface area contributed by atoms with Crippen molar-refractivity contribution >= 4 is 23.7 Å². The van der Waals surface area contributed by atoms with Crippen LogP contribution in [0.1, 0.15) is 18.9 Å². The molecule has 3 amide bonds. The van der Waals surface area contributed by atoms with Gasteiger partial charge in [-0.3, -0.25) is 19.2 Å². The molecule has 1 atom stereocenters. The van der Waals surface area contributed by atoms with Gasteiger partial charge in [0.1, 0.15) is 12.6 Å². The van der Waals surface area contributed by atoms with Gasteiger partial charge in [-0.1, -0.05) is 37.3 Å². The highest BCUT2D eigenvalue weighted by Gasteiger charge is 2.21. The molecule has 1 aromatic carbocycles. The van der Waals surface area contributed by atoms with Gasteiger partial charge in [-0.15, -0.1) is 0 Å². The third-order valence-electron chi connectivity index (χ3n) is 3.23. The highest BCUT2D eigenvalue weighted by Crippen LogP contribution is 2.01. The van der Waals surface area contributed by atoms with Gasteiger partial charge in [0.15, 0.2) is 0 Å². The van der Waals surface area contributed by atoms with Gasteiger partial charge in [-0.2, -0.15) is 0 Å². The summed E-state index contributed by atoms with van der Waals surface area (Å²) in [7, 11) is 0. The molecule has 0 aromatic heterocycles. The van der Waals surface area contributed by atoms with Gasteiger partial charge >= 0.3 is 5.97 Å². The normalized spacial score (nSPS) is 11.3. The lowest BCUT2D eigenvalue weighted by Crippen LogP contribution is -2.52. The molecule has 0 aliphatic rings. The Hall–Kier alpha value is -2.94. The van der Waals surface area contributed by atoms with Crippen molar-refractivity contribution in [2.45, 2.75) is 26.0 Å². The highest BCUT2D eigenvalue weighted by molar-refractivity contribution is 5.91. The van der Waals surface area contributed by atoms with E-state index in [1.807, 2.05) is 30.3 Å². The van der Waals surface area contributed by atoms with Gasteiger partial charge in [-0.05, 0) is 5.56 Å². The van der Waals surface area contributed by atoms with Gasteiger partial charge in [0.2, 0.25) is 17.7 Å². The Bertz CT molecular complexity index is 620. The molecule has 1 unspecified atom stereocenters. The first kappa shape index (κ1) is 21.1. The second-order valence-electron chi connectivity index (χ2n) is 5.36. The van der Waals surface area contributed by atoms with Crippen molar-refractivity contribution in [3.05, 3.63) is 35.9 Å². The quantitative estimate of drug-likeness (QED) is 0.414. The summed E-state index contributed by atoms with van der Waals surface area (Å²) in [6.45, 7) is 0.872. The van der Waals surface area contributed by atoms with E-state index in [-0.39, 0.29) is 32.1 Å². The summed E-state index contributed by atoms with van der Waals surface area (Å²) >= 11 is 0. The lowest BCUT2D eigenvalue weighted by molar-refractivity contribution is -0.138. The summed E-state index contributed by atoms with van der Waals surface area (Å²) in [5.74, 6) is -2.77. The number of ether oxygens (including phenoxy) is 1. The largest absolute Gasteiger partial charge is 0.480 e. The minimum absolute atomic E-state index is 0.145. The van der Waals surface area contributed by atoms with Crippen LogP contribution in [0.15, 0.2) is 30.3 Å². The Morgan fingerprint density at radius 2 is 1.73 bits per heavy atom. The average molecular weight is 365 g/mol. The number of carboxylic acids is 1. The Labute approximate surface area is 151 Å². The first-order valence-corrected chi connectivity index (χ1v) is 8.09. The van der Waals surface area contributed by atoms with E-state index in [1.165, 1.54) is 0 Å². The zero-order valence-electron chi connectivity index (χ0n) is 14.5. The first-order valence-electron chi connectivity index (χ1n) is 8.09. The lowest BCUT2D eigenvalue weighted by atomic mass is 10.2. The summed E-state index contributed by atoms with van der Waals surface area (Å²) in [5.41, 5.74) is 0.888. The molecule has 4 N–H and O–H groups in total. The fourth-order valence-electron chi connectivity index (χ4n) is 1.89. The van der Waals surface area contributed by atoms with Crippen LogP contribution < -0.4 is 16.0 Å². The molecule has 0 aliphatic heterocycles. The number of carbonyl (C=O) groups is 4. The van der Waals surface area contributed by atoms with Gasteiger partial charge in [0.05, 0.1) is 19.8 Å². The van der Waals surface area contributed by atoms with E-state index in [0.717, 1.165) is 5.56 Å². The minimum Gasteiger partial charge on any atom is -0.480 e. The van der Waals surface area contributed by atoms with Crippen molar-refractivity contribution in [3.8, 4) is 0 Å². The van der Waals surface area contributed by atoms with Gasteiger partial charge in [-0.25, -0.2) is 0 Å². The predicted octanol–water partition coefficient (Wildman–Crippen LogP) is -0.585. The van der Waals surface area contributed by atoms with Crippen LogP contribution in [0.5, 0.6) is 0 Å². The monoisotopic (exact) mass is 365 g/mol. The van der Waals surface area contributed by atoms with Gasteiger partial charge < -0.3 is 25.8 Å². The minimum atomic E-state index is -1.20. The van der Waals surface area contributed by atoms with Crippen molar-refractivity contribution < 1.29 is 29.0 Å². The molecule has 0 fully saturated rings. The maximum atomic E-state index is 12.1. The summed E-state index contributed by atoms with van der Waals surface area (Å²) < 4.78 is 5.45. The average Bonchev–Trinajstić information content (AvgIpc) is 2.64. The van der Waals surface area contributed by atoms with E-state index in [0.29, 0.717) is 0 Å². The second-order valence-corrected chi connectivity index (χ2v) is 5.36. The van der Waals surface area contributed by atoms with Crippen molar-refractivity contribution in [3.63, 3.8) is 0 Å². The van der Waals surface area contributed by atoms with Crippen molar-refractivity contribution in [2.24, 2.45) is 0 Å². The summed E-state index contributed by atoms with van der Waals surface area (Å²) in [4.78, 5) is 45.7. The number of aliphatic carboxylic acids is 1. The van der Waals surface area contributed by atoms with Gasteiger partial charge in [0.25, 0.3) is 0 Å². The summed E-state index contributed by atoms with van der Waals surface area (Å²) in [5, 5.41) is 15.6. The van der Waals surface area contributed by atoms with E-state index in [9.17, 15) is 19.2 Å². The fourth-order valence-corrected chi connectivity index (χ4v) is 1.89. The topological polar surface area (TPSA) is 134 Å². The molecular formula is C17H23N3O6. The Morgan fingerprint density at radius 3 is 2.35 bits per heavy atom. The van der Waals surface area contributed by atoms with Crippen LogP contribution >= 0.6 is 0 Å². The van der Waals surface area contributed by atoms with Crippen LogP contribution in [-0.2, 0) is 30.5 Å². The van der Waals surface area contributed by atoms with Crippen LogP contribution in [0, 0.1) is 0 Å². The SMILES string of the molecule is CCC(=O)NCC(=O)NC(COCc1ccccc1)C(=O)NCC(=O)O. The highest BCUT2D eigenvalue weighted by atomic mass is 16.5. The Kier molecular flexibility index (Phi) is 9.40. The van der Waals surface area contributed by atoms with Crippen LogP contribution in [0.4, 0.5) is 0 Å². The lowest BCUT2D eigenvalue weighted by Gasteiger charge is -2.18. The molecule has 0 heterocycles. The molecule has 0 bridgehead atoms. The fraction of sp³-hybridized carbons (Fsp3) is 0.412. The molecule has 0 saturated heterocycles. The van der Waals surface area contributed by atoms with Crippen molar-refractivity contribution in [1.82, 2.24) is 16.0 Å². The smallest absolute Gasteiger partial charge is 0.322 e. The summed E-state index contributed by atoms with van der Waals surface area (Å²) in [6.07, 6.45) is 0.232. The molecule has 0 aliphatic carbocycles. The number of carboxylic acid groups (broad SMARTS) is 1. The Balaban J connectivity index is 2.56. The van der Waals surface area contributed by atoms with Crippen LogP contribution in [0.25, 0.3) is 0 Å². The zero-order chi connectivity index (χ0) is 19.4. The molecule has 0 spiro atoms. The standard InChI is InChI=1S/C17H23N3O6/c1-2-14(21)18-8-15(22)20-13(17(25)19-9-16(23)24)11-26-10-12-6-4-3-5-7-12/h3-7,13H,2,8-11H2,1H3,(H,18,21)(H,19,25)(H,20,22)(H,23,24). The van der Waals surface area contributed by atoms with E-state index >= 15 is 0 Å². The number of nitrogens with one attached hydrogen (secondary N) is 3. The third-order valence-corrected chi connectivity index (χ3v) is 3.23. The zero-order valence-corrected chi connectivity index (χ0v) is 14.5. The molecule has 9 nitrogen and oxygen atoms in total. The maximum Gasteiger partial charge on any atom is 0.322 e. The van der Waals surface area contributed by atoms with Crippen LogP contribution in [-0.4, -0.2) is 54.5 Å². The van der Waals surface area contributed by atoms with E-state index < -0.39 is 30.4 Å². The third kappa shape index (κ3) is 8.78. The molecule has 0 saturated carbocycles. The molecule has 9 heteroatoms. The molecule has 26 heavy (non-hydrogen) atoms. The summed E-state index contributed by atoms with van der Waals surface area (Å²) in [6, 6.07) is 8.15. The number of benzene rings is 1. The first-order chi connectivity index (χ1) is 12.4. The van der Waals surface area contributed by atoms with Crippen molar-refractivity contribution in [1.29, 1.82) is 0 Å². The second kappa shape index (κ2) is 11.6. The number of hydrogen-bond acceptors (Lipinski definition) is 5. The number of hydrogen-bond donors (Lipinski definition) is 4. The van der Waals surface area contributed by atoms with E-state index in [4.69, 9.17) is 9.84 Å². The Morgan fingerprint density at radius 1 is 1.04 bits per heavy atom. The van der Waals surface area contributed by atoms with Crippen molar-refractivity contribution in [2.75, 3.05) is 19.7 Å². The maximum absolute atomic E-state index is 12.1. The molecule has 142 valence electrons. The number of rotatable bonds is 11. The van der Waals surface area contributed by atoms with E-state index in [1.54, 1.807) is 6.92 Å². The van der Waals surface area contributed by atoms with E-state index in [2.05, 4.69) is 16.0 Å². The predicted molar refractivity (Wildman–Crippen MR) is 92.0 cm³/mol. The molecular weight excluding hydrogens is 342 g/mol.